The molecular weight excluding hydrogens is 384 g/mol. The van der Waals surface area contributed by atoms with E-state index in [1.165, 1.54) is 18.4 Å². The number of rotatable bonds is 3. The van der Waals surface area contributed by atoms with Crippen LogP contribution >= 0.6 is 11.3 Å². The number of aromatic nitrogens is 2. The van der Waals surface area contributed by atoms with Crippen LogP contribution in [0, 0.1) is 0 Å². The molecule has 0 bridgehead atoms. The van der Waals surface area contributed by atoms with E-state index in [2.05, 4.69) is 0 Å². The number of hydrogen-bond acceptors (Lipinski definition) is 5. The minimum atomic E-state index is 0.00563. The molecule has 144 valence electrons. The van der Waals surface area contributed by atoms with Crippen LogP contribution in [0.2, 0.25) is 0 Å². The number of hydrogen-bond donors (Lipinski definition) is 1. The minimum absolute atomic E-state index is 0.00563. The fourth-order valence-electron chi connectivity index (χ4n) is 3.79. The summed E-state index contributed by atoms with van der Waals surface area (Å²) in [6.45, 7) is 0.606. The van der Waals surface area contributed by atoms with Crippen LogP contribution in [0.15, 0.2) is 58.7 Å². The van der Waals surface area contributed by atoms with E-state index >= 15 is 0 Å². The van der Waals surface area contributed by atoms with Crippen LogP contribution in [-0.4, -0.2) is 21.8 Å². The predicted molar refractivity (Wildman–Crippen MR) is 116 cm³/mol. The number of allylic oxidation sites excluding steroid dienone is 1. The number of ether oxygens (including phenoxy) is 1. The molecule has 4 aromatic rings. The summed E-state index contributed by atoms with van der Waals surface area (Å²) < 4.78 is 6.86. The van der Waals surface area contributed by atoms with Gasteiger partial charge in [-0.1, -0.05) is 36.4 Å². The van der Waals surface area contributed by atoms with Gasteiger partial charge in [0.2, 0.25) is 0 Å². The summed E-state index contributed by atoms with van der Waals surface area (Å²) >= 11 is 1.50. The molecule has 0 fully saturated rings. The molecule has 0 radical (unpaired) electrons. The van der Waals surface area contributed by atoms with Gasteiger partial charge >= 0.3 is 0 Å². The summed E-state index contributed by atoms with van der Waals surface area (Å²) in [7, 11) is 1.52. The maximum absolute atomic E-state index is 13.3. The first-order valence-electron chi connectivity index (χ1n) is 9.31. The molecule has 0 saturated carbocycles. The van der Waals surface area contributed by atoms with E-state index in [0.29, 0.717) is 23.5 Å². The zero-order chi connectivity index (χ0) is 20.0. The Balaban J connectivity index is 1.63. The fourth-order valence-corrected chi connectivity index (χ4v) is 4.72. The molecule has 0 amide bonds. The van der Waals surface area contributed by atoms with Gasteiger partial charge < -0.3 is 9.84 Å². The third kappa shape index (κ3) is 2.93. The molecular formula is C23H18N2O3S. The van der Waals surface area contributed by atoms with Crippen LogP contribution in [0.1, 0.15) is 17.8 Å². The van der Waals surface area contributed by atoms with Gasteiger partial charge in [-0.3, -0.25) is 9.36 Å². The molecule has 29 heavy (non-hydrogen) atoms. The molecule has 0 atom stereocenters. The van der Waals surface area contributed by atoms with E-state index in [9.17, 15) is 9.90 Å². The summed E-state index contributed by atoms with van der Waals surface area (Å²) in [5, 5.41) is 12.7. The average Bonchev–Trinajstić information content (AvgIpc) is 3.34. The topological polar surface area (TPSA) is 64.4 Å². The van der Waals surface area contributed by atoms with Gasteiger partial charge in [0, 0.05) is 17.5 Å². The number of phenolic OH excluding ortho intramolecular Hbond substituents is 1. The number of thiophene rings is 1. The molecule has 0 saturated heterocycles. The second kappa shape index (κ2) is 6.90. The van der Waals surface area contributed by atoms with Crippen LogP contribution in [0.25, 0.3) is 33.0 Å². The number of methoxy groups -OCH3 is 1. The van der Waals surface area contributed by atoms with Gasteiger partial charge in [0.05, 0.1) is 12.5 Å². The third-order valence-electron chi connectivity index (χ3n) is 5.21. The molecule has 1 aliphatic rings. The normalized spacial score (nSPS) is 14.4. The highest BCUT2D eigenvalue weighted by Crippen LogP contribution is 2.35. The van der Waals surface area contributed by atoms with Gasteiger partial charge in [0.15, 0.2) is 11.5 Å². The van der Waals surface area contributed by atoms with Crippen molar-refractivity contribution in [2.75, 3.05) is 7.11 Å². The molecule has 1 N–H and O–H groups in total. The largest absolute Gasteiger partial charge is 0.504 e. The monoisotopic (exact) mass is 402 g/mol. The van der Waals surface area contributed by atoms with Gasteiger partial charge in [0.1, 0.15) is 10.7 Å². The highest BCUT2D eigenvalue weighted by molar-refractivity contribution is 7.17. The van der Waals surface area contributed by atoms with Crippen molar-refractivity contribution < 1.29 is 9.84 Å². The number of phenols is 1. The first-order chi connectivity index (χ1) is 14.2. The molecule has 1 aliphatic heterocycles. The van der Waals surface area contributed by atoms with Crippen molar-refractivity contribution in [3.8, 4) is 22.6 Å². The Bertz CT molecular complexity index is 1320. The van der Waals surface area contributed by atoms with Crippen molar-refractivity contribution in [1.82, 2.24) is 9.55 Å². The number of nitrogens with zero attached hydrogens (tertiary/aromatic N) is 2. The first kappa shape index (κ1) is 17.7. The highest BCUT2D eigenvalue weighted by atomic mass is 32.1. The Morgan fingerprint density at radius 3 is 2.79 bits per heavy atom. The average molecular weight is 402 g/mol. The van der Waals surface area contributed by atoms with E-state index in [4.69, 9.17) is 9.72 Å². The lowest BCUT2D eigenvalue weighted by Crippen LogP contribution is -2.20. The van der Waals surface area contributed by atoms with Crippen LogP contribution in [0.3, 0.4) is 0 Å². The van der Waals surface area contributed by atoms with Crippen molar-refractivity contribution in [2.24, 2.45) is 0 Å². The first-order valence-corrected chi connectivity index (χ1v) is 10.2. The summed E-state index contributed by atoms with van der Waals surface area (Å²) in [5.74, 6) is 1.23. The molecule has 5 rings (SSSR count). The van der Waals surface area contributed by atoms with Crippen LogP contribution in [0.4, 0.5) is 0 Å². The zero-order valence-electron chi connectivity index (χ0n) is 15.8. The number of benzene rings is 2. The summed E-state index contributed by atoms with van der Waals surface area (Å²) in [4.78, 5) is 18.8. The maximum Gasteiger partial charge on any atom is 0.263 e. The standard InChI is InChI=1S/C23H18N2O3S/c1-28-19-8-7-14(12-18(19)26)11-16-9-10-25-21(16)24-22-20(23(25)27)17(13-29-22)15-5-3-2-4-6-15/h2-8,11-13,26H,9-10H2,1H3/b16-11+. The third-order valence-corrected chi connectivity index (χ3v) is 6.09. The zero-order valence-corrected chi connectivity index (χ0v) is 16.6. The predicted octanol–water partition coefficient (Wildman–Crippen LogP) is 4.78. The second-order valence-electron chi connectivity index (χ2n) is 6.94. The van der Waals surface area contributed by atoms with E-state index in [1.54, 1.807) is 16.7 Å². The molecule has 3 heterocycles. The lowest BCUT2D eigenvalue weighted by atomic mass is 10.1. The minimum Gasteiger partial charge on any atom is -0.504 e. The van der Waals surface area contributed by atoms with Crippen LogP contribution in [-0.2, 0) is 6.54 Å². The number of aromatic hydroxyl groups is 1. The van der Waals surface area contributed by atoms with Gasteiger partial charge in [-0.2, -0.15) is 0 Å². The lowest BCUT2D eigenvalue weighted by molar-refractivity contribution is 0.373. The Labute approximate surface area is 171 Å². The van der Waals surface area contributed by atoms with Gasteiger partial charge in [0.25, 0.3) is 5.56 Å². The molecule has 2 aromatic heterocycles. The Morgan fingerprint density at radius 2 is 2.03 bits per heavy atom. The van der Waals surface area contributed by atoms with E-state index in [0.717, 1.165) is 33.5 Å². The van der Waals surface area contributed by atoms with Gasteiger partial charge in [-0.05, 0) is 41.3 Å². The summed E-state index contributed by atoms with van der Waals surface area (Å²) in [6, 6.07) is 15.2. The van der Waals surface area contributed by atoms with Crippen molar-refractivity contribution >= 4 is 33.2 Å². The molecule has 0 aliphatic carbocycles. The maximum atomic E-state index is 13.3. The smallest absolute Gasteiger partial charge is 0.263 e. The number of fused-ring (bicyclic) bond motifs is 2. The van der Waals surface area contributed by atoms with Crippen molar-refractivity contribution in [3.05, 3.63) is 75.7 Å². The van der Waals surface area contributed by atoms with Crippen molar-refractivity contribution in [1.29, 1.82) is 0 Å². The van der Waals surface area contributed by atoms with Crippen molar-refractivity contribution in [3.63, 3.8) is 0 Å². The summed E-state index contributed by atoms with van der Waals surface area (Å²) in [6.07, 6.45) is 2.70. The van der Waals surface area contributed by atoms with Crippen LogP contribution < -0.4 is 10.3 Å². The van der Waals surface area contributed by atoms with Crippen molar-refractivity contribution in [2.45, 2.75) is 13.0 Å². The molecule has 5 nitrogen and oxygen atoms in total. The Hall–Kier alpha value is -3.38. The van der Waals surface area contributed by atoms with E-state index in [-0.39, 0.29) is 11.3 Å². The van der Waals surface area contributed by atoms with Gasteiger partial charge in [-0.25, -0.2) is 4.98 Å². The van der Waals surface area contributed by atoms with Gasteiger partial charge in [-0.15, -0.1) is 11.3 Å². The quantitative estimate of drug-likeness (QED) is 0.535. The molecule has 0 unspecified atom stereocenters. The van der Waals surface area contributed by atoms with Crippen LogP contribution in [0.5, 0.6) is 11.5 Å². The van der Waals surface area contributed by atoms with E-state index in [1.807, 2.05) is 47.9 Å². The second-order valence-corrected chi connectivity index (χ2v) is 7.80. The highest BCUT2D eigenvalue weighted by Gasteiger charge is 2.23. The van der Waals surface area contributed by atoms with E-state index < -0.39 is 0 Å². The Morgan fingerprint density at radius 1 is 1.21 bits per heavy atom. The molecule has 6 heteroatoms. The molecule has 2 aromatic carbocycles. The SMILES string of the molecule is COc1ccc(/C=C2\CCn3c2nc2scc(-c4ccccc4)c2c3=O)cc1O. The fraction of sp³-hybridized carbons (Fsp3) is 0.130. The molecule has 0 spiro atoms. The Kier molecular flexibility index (Phi) is 4.21. The lowest BCUT2D eigenvalue weighted by Gasteiger charge is -2.06. The summed E-state index contributed by atoms with van der Waals surface area (Å²) in [5.41, 5.74) is 3.81.